The minimum atomic E-state index is -6.00. The van der Waals surface area contributed by atoms with Crippen LogP contribution >= 0.6 is 7.26 Å². The van der Waals surface area contributed by atoms with Crippen molar-refractivity contribution >= 4 is 30.4 Å². The van der Waals surface area contributed by atoms with E-state index >= 15 is 0 Å². The van der Waals surface area contributed by atoms with E-state index in [4.69, 9.17) is 4.74 Å². The second kappa shape index (κ2) is 13.4. The van der Waals surface area contributed by atoms with Gasteiger partial charge in [-0.3, -0.25) is 0 Å². The summed E-state index contributed by atoms with van der Waals surface area (Å²) in [6.45, 7) is 7.15. The standard InChI is InChI=1S/C35H34OP.BF4/c1-35(2,3)34(28-24-26-30(27-25-28)36-29-16-8-4-9-17-29)37(31-18-10-5-11-19-31,32-20-12-6-13-21-32)33-22-14-7-15-23-33;2-1(3,4)5/h4-27,34H,1-3H3;/q+1;-1. The van der Waals surface area contributed by atoms with Crippen molar-refractivity contribution in [1.82, 2.24) is 0 Å². The van der Waals surface area contributed by atoms with Gasteiger partial charge in [0.15, 0.2) is 0 Å². The minimum absolute atomic E-state index is 0.0168. The van der Waals surface area contributed by atoms with Gasteiger partial charge in [-0.15, -0.1) is 0 Å². The van der Waals surface area contributed by atoms with Gasteiger partial charge >= 0.3 is 7.25 Å². The quantitative estimate of drug-likeness (QED) is 0.105. The Morgan fingerprint density at radius 2 is 0.810 bits per heavy atom. The molecular formula is C35H34BF4OP. The summed E-state index contributed by atoms with van der Waals surface area (Å²) in [4.78, 5) is 0. The molecular weight excluding hydrogens is 554 g/mol. The number of halogens is 4. The van der Waals surface area contributed by atoms with E-state index in [-0.39, 0.29) is 11.1 Å². The summed E-state index contributed by atoms with van der Waals surface area (Å²) in [5.41, 5.74) is 1.56. The Bertz CT molecular complexity index is 1400. The molecule has 0 aliphatic carbocycles. The highest BCUT2D eigenvalue weighted by Crippen LogP contribution is 2.71. The molecule has 0 aliphatic rings. The molecule has 0 amide bonds. The first-order valence-electron chi connectivity index (χ1n) is 13.8. The summed E-state index contributed by atoms with van der Waals surface area (Å²) < 4.78 is 45.1. The maximum absolute atomic E-state index is 9.75. The van der Waals surface area contributed by atoms with Crippen LogP contribution in [0.5, 0.6) is 11.5 Å². The smallest absolute Gasteiger partial charge is 0.457 e. The van der Waals surface area contributed by atoms with Crippen LogP contribution < -0.4 is 20.7 Å². The number of hydrogen-bond acceptors (Lipinski definition) is 1. The van der Waals surface area contributed by atoms with E-state index < -0.39 is 14.5 Å². The van der Waals surface area contributed by atoms with Gasteiger partial charge in [0.25, 0.3) is 0 Å². The lowest BCUT2D eigenvalue weighted by atomic mass is 9.87. The van der Waals surface area contributed by atoms with Crippen LogP contribution in [-0.4, -0.2) is 7.25 Å². The van der Waals surface area contributed by atoms with Gasteiger partial charge in [-0.2, -0.15) is 0 Å². The lowest BCUT2D eigenvalue weighted by molar-refractivity contribution is 0.368. The Balaban J connectivity index is 0.000000748. The van der Waals surface area contributed by atoms with Crippen molar-refractivity contribution in [1.29, 1.82) is 0 Å². The molecule has 0 aromatic heterocycles. The average Bonchev–Trinajstić information content (AvgIpc) is 2.97. The van der Waals surface area contributed by atoms with Crippen molar-refractivity contribution in [2.45, 2.75) is 26.4 Å². The Labute approximate surface area is 246 Å². The van der Waals surface area contributed by atoms with E-state index in [1.807, 2.05) is 30.3 Å². The van der Waals surface area contributed by atoms with Crippen LogP contribution in [0.25, 0.3) is 0 Å². The summed E-state index contributed by atoms with van der Waals surface area (Å²) in [5, 5.41) is 4.20. The number of hydrogen-bond donors (Lipinski definition) is 0. The second-order valence-corrected chi connectivity index (χ2v) is 14.5. The van der Waals surface area contributed by atoms with Crippen molar-refractivity contribution in [2.75, 3.05) is 0 Å². The predicted octanol–water partition coefficient (Wildman–Crippen LogP) is 9.86. The molecule has 0 fully saturated rings. The molecule has 0 spiro atoms. The molecule has 5 aromatic carbocycles. The number of ether oxygens (including phenoxy) is 1. The highest BCUT2D eigenvalue weighted by molar-refractivity contribution is 7.96. The first-order chi connectivity index (χ1) is 20.0. The van der Waals surface area contributed by atoms with Crippen LogP contribution in [0, 0.1) is 5.41 Å². The third-order valence-electron chi connectivity index (χ3n) is 6.87. The third-order valence-corrected chi connectivity index (χ3v) is 12.1. The number of rotatable bonds is 7. The van der Waals surface area contributed by atoms with Crippen molar-refractivity contribution in [3.63, 3.8) is 0 Å². The predicted molar refractivity (Wildman–Crippen MR) is 170 cm³/mol. The average molecular weight is 588 g/mol. The van der Waals surface area contributed by atoms with Gasteiger partial charge < -0.3 is 22.0 Å². The molecule has 0 heterocycles. The molecule has 7 heteroatoms. The summed E-state index contributed by atoms with van der Waals surface area (Å²) in [6.07, 6.45) is 0. The van der Waals surface area contributed by atoms with Gasteiger partial charge in [-0.05, 0) is 66.2 Å². The first-order valence-corrected chi connectivity index (χ1v) is 15.6. The molecule has 1 unspecified atom stereocenters. The monoisotopic (exact) mass is 588 g/mol. The molecule has 0 saturated heterocycles. The van der Waals surface area contributed by atoms with Gasteiger partial charge in [0, 0.05) is 5.41 Å². The van der Waals surface area contributed by atoms with Gasteiger partial charge in [-0.25, -0.2) is 0 Å². The topological polar surface area (TPSA) is 9.23 Å². The van der Waals surface area contributed by atoms with Gasteiger partial charge in [0.2, 0.25) is 0 Å². The molecule has 0 radical (unpaired) electrons. The van der Waals surface area contributed by atoms with Crippen molar-refractivity contribution in [3.8, 4) is 11.5 Å². The summed E-state index contributed by atoms with van der Waals surface area (Å²) in [7, 11) is -8.13. The number of benzene rings is 5. The van der Waals surface area contributed by atoms with Gasteiger partial charge in [0.1, 0.15) is 40.3 Å². The van der Waals surface area contributed by atoms with Gasteiger partial charge in [0.05, 0.1) is 0 Å². The maximum Gasteiger partial charge on any atom is 0.673 e. The molecule has 1 atom stereocenters. The Morgan fingerprint density at radius 1 is 0.500 bits per heavy atom. The van der Waals surface area contributed by atoms with Gasteiger partial charge in [-0.1, -0.05) is 106 Å². The summed E-state index contributed by atoms with van der Waals surface area (Å²) >= 11 is 0. The Hall–Kier alpha value is -3.89. The van der Waals surface area contributed by atoms with Crippen LogP contribution in [0.1, 0.15) is 32.0 Å². The largest absolute Gasteiger partial charge is 0.673 e. The molecule has 5 rings (SSSR count). The molecule has 5 aromatic rings. The molecule has 42 heavy (non-hydrogen) atoms. The minimum Gasteiger partial charge on any atom is -0.457 e. The first kappa shape index (κ1) is 31.1. The fourth-order valence-electron chi connectivity index (χ4n) is 5.53. The van der Waals surface area contributed by atoms with Crippen LogP contribution in [0.4, 0.5) is 17.3 Å². The molecule has 0 N–H and O–H groups in total. The Kier molecular flexibility index (Phi) is 9.91. The second-order valence-electron chi connectivity index (χ2n) is 11.0. The lowest BCUT2D eigenvalue weighted by Crippen LogP contribution is -2.39. The van der Waals surface area contributed by atoms with Crippen LogP contribution in [0.15, 0.2) is 146 Å². The van der Waals surface area contributed by atoms with E-state index in [9.17, 15) is 17.3 Å². The van der Waals surface area contributed by atoms with Crippen LogP contribution in [-0.2, 0) is 0 Å². The van der Waals surface area contributed by atoms with E-state index in [1.165, 1.54) is 21.5 Å². The molecule has 216 valence electrons. The van der Waals surface area contributed by atoms with E-state index in [1.54, 1.807) is 0 Å². The lowest BCUT2D eigenvalue weighted by Gasteiger charge is -2.41. The molecule has 0 bridgehead atoms. The zero-order valence-electron chi connectivity index (χ0n) is 23.9. The normalized spacial score (nSPS) is 12.5. The summed E-state index contributed by atoms with van der Waals surface area (Å²) in [6, 6.07) is 52.3. The SMILES string of the molecule is CC(C)(C)C(c1ccc(Oc2ccccc2)cc1)[P+](c1ccccc1)(c1ccccc1)c1ccccc1.F[B-](F)(F)F. The summed E-state index contributed by atoms with van der Waals surface area (Å²) in [5.74, 6) is 1.70. The molecule has 0 saturated carbocycles. The van der Waals surface area contributed by atoms with Crippen molar-refractivity contribution in [3.05, 3.63) is 151 Å². The Morgan fingerprint density at radius 3 is 1.14 bits per heavy atom. The van der Waals surface area contributed by atoms with Crippen molar-refractivity contribution in [2.24, 2.45) is 5.41 Å². The third kappa shape index (κ3) is 7.69. The van der Waals surface area contributed by atoms with Crippen LogP contribution in [0.3, 0.4) is 0 Å². The highest BCUT2D eigenvalue weighted by Gasteiger charge is 2.57. The highest BCUT2D eigenvalue weighted by atomic mass is 31.2. The maximum atomic E-state index is 9.75. The zero-order chi connectivity index (χ0) is 30.2. The molecule has 1 nitrogen and oxygen atoms in total. The van der Waals surface area contributed by atoms with Crippen molar-refractivity contribution < 1.29 is 22.0 Å². The fraction of sp³-hybridized carbons (Fsp3) is 0.143. The molecule has 0 aliphatic heterocycles. The van der Waals surface area contributed by atoms with E-state index in [0.29, 0.717) is 0 Å². The fourth-order valence-corrected chi connectivity index (χ4v) is 11.0. The van der Waals surface area contributed by atoms with Crippen LogP contribution in [0.2, 0.25) is 0 Å². The van der Waals surface area contributed by atoms with E-state index in [2.05, 4.69) is 136 Å². The van der Waals surface area contributed by atoms with E-state index in [0.717, 1.165) is 11.5 Å². The number of para-hydroxylation sites is 1. The zero-order valence-corrected chi connectivity index (χ0v) is 24.8.